The summed E-state index contributed by atoms with van der Waals surface area (Å²) in [6.45, 7) is 1.94. The van der Waals surface area contributed by atoms with Crippen molar-refractivity contribution < 1.29 is 8.91 Å². The van der Waals surface area contributed by atoms with E-state index in [1.807, 2.05) is 19.1 Å². The van der Waals surface area contributed by atoms with Crippen LogP contribution in [0.15, 0.2) is 45.4 Å². The summed E-state index contributed by atoms with van der Waals surface area (Å²) in [4.78, 5) is 4.35. The predicted octanol–water partition coefficient (Wildman–Crippen LogP) is 4.20. The van der Waals surface area contributed by atoms with Gasteiger partial charge in [-0.1, -0.05) is 11.2 Å². The second-order valence-electron chi connectivity index (χ2n) is 4.63. The summed E-state index contributed by atoms with van der Waals surface area (Å²) in [7, 11) is 0. The molecule has 3 aromatic rings. The van der Waals surface area contributed by atoms with E-state index in [1.54, 1.807) is 18.2 Å². The molecule has 6 heteroatoms. The summed E-state index contributed by atoms with van der Waals surface area (Å²) in [5, 5.41) is 3.93. The van der Waals surface area contributed by atoms with Gasteiger partial charge in [0.2, 0.25) is 5.82 Å². The van der Waals surface area contributed by atoms with Crippen molar-refractivity contribution in [1.29, 1.82) is 0 Å². The number of halogens is 2. The first-order valence-electron chi connectivity index (χ1n) is 6.20. The first-order chi connectivity index (χ1) is 10.0. The molecule has 0 saturated heterocycles. The van der Waals surface area contributed by atoms with Crippen molar-refractivity contribution >= 4 is 21.6 Å². The monoisotopic (exact) mass is 347 g/mol. The molecule has 2 aromatic carbocycles. The molecular weight excluding hydrogens is 337 g/mol. The van der Waals surface area contributed by atoms with Crippen LogP contribution in [0.3, 0.4) is 0 Å². The molecule has 106 valence electrons. The Balaban J connectivity index is 2.03. The molecule has 0 amide bonds. The van der Waals surface area contributed by atoms with Crippen LogP contribution in [0.25, 0.3) is 22.8 Å². The molecule has 0 aliphatic heterocycles. The minimum absolute atomic E-state index is 0.339. The Morgan fingerprint density at radius 3 is 2.76 bits per heavy atom. The predicted molar refractivity (Wildman–Crippen MR) is 82.0 cm³/mol. The maximum absolute atomic E-state index is 13.3. The van der Waals surface area contributed by atoms with E-state index in [4.69, 9.17) is 10.3 Å². The zero-order valence-electron chi connectivity index (χ0n) is 11.1. The molecule has 2 N–H and O–H groups in total. The topological polar surface area (TPSA) is 64.9 Å². The van der Waals surface area contributed by atoms with Gasteiger partial charge in [0.05, 0.1) is 4.47 Å². The van der Waals surface area contributed by atoms with Crippen molar-refractivity contribution in [3.05, 3.63) is 52.3 Å². The molecule has 0 unspecified atom stereocenters. The molecule has 3 rings (SSSR count). The van der Waals surface area contributed by atoms with Gasteiger partial charge in [0, 0.05) is 16.8 Å². The first-order valence-corrected chi connectivity index (χ1v) is 6.99. The van der Waals surface area contributed by atoms with E-state index in [9.17, 15) is 4.39 Å². The Morgan fingerprint density at radius 2 is 2.00 bits per heavy atom. The fraction of sp³-hybridized carbons (Fsp3) is 0.0667. The van der Waals surface area contributed by atoms with Crippen LogP contribution >= 0.6 is 15.9 Å². The van der Waals surface area contributed by atoms with Crippen molar-refractivity contribution in [2.75, 3.05) is 5.73 Å². The molecule has 0 fully saturated rings. The van der Waals surface area contributed by atoms with Gasteiger partial charge < -0.3 is 10.3 Å². The number of anilines is 1. The van der Waals surface area contributed by atoms with E-state index in [-0.39, 0.29) is 5.82 Å². The maximum atomic E-state index is 13.3. The highest BCUT2D eigenvalue weighted by Crippen LogP contribution is 2.28. The number of nitrogens with zero attached hydrogens (tertiary/aromatic N) is 2. The van der Waals surface area contributed by atoms with Crippen LogP contribution < -0.4 is 5.73 Å². The summed E-state index contributed by atoms with van der Waals surface area (Å²) < 4.78 is 18.9. The van der Waals surface area contributed by atoms with Gasteiger partial charge in [-0.3, -0.25) is 0 Å². The van der Waals surface area contributed by atoms with Gasteiger partial charge in [0.25, 0.3) is 5.89 Å². The number of hydrogen-bond donors (Lipinski definition) is 1. The SMILES string of the molecule is Cc1ccc(N)cc1-c1nc(-c2ccc(F)c(Br)c2)no1. The maximum Gasteiger partial charge on any atom is 0.258 e. The number of aryl methyl sites for hydroxylation is 1. The molecule has 0 spiro atoms. The zero-order chi connectivity index (χ0) is 15.0. The number of hydrogen-bond acceptors (Lipinski definition) is 4. The lowest BCUT2D eigenvalue weighted by Gasteiger charge is -2.01. The average molecular weight is 348 g/mol. The Hall–Kier alpha value is -2.21. The molecule has 4 nitrogen and oxygen atoms in total. The quantitative estimate of drug-likeness (QED) is 0.705. The normalized spacial score (nSPS) is 10.8. The molecule has 0 atom stereocenters. The highest BCUT2D eigenvalue weighted by Gasteiger charge is 2.14. The molecule has 1 heterocycles. The number of aromatic nitrogens is 2. The van der Waals surface area contributed by atoms with Gasteiger partial charge in [-0.05, 0) is 58.7 Å². The first kappa shape index (κ1) is 13.8. The zero-order valence-corrected chi connectivity index (χ0v) is 12.7. The van der Waals surface area contributed by atoms with E-state index in [2.05, 4.69) is 26.1 Å². The summed E-state index contributed by atoms with van der Waals surface area (Å²) in [5.41, 5.74) is 8.85. The molecule has 0 aliphatic carbocycles. The van der Waals surface area contributed by atoms with Crippen LogP contribution in [0.1, 0.15) is 5.56 Å². The molecule has 0 aliphatic rings. The van der Waals surface area contributed by atoms with Crippen LogP contribution in [0, 0.1) is 12.7 Å². The lowest BCUT2D eigenvalue weighted by Crippen LogP contribution is -1.89. The average Bonchev–Trinajstić information content (AvgIpc) is 2.94. The van der Waals surface area contributed by atoms with Crippen molar-refractivity contribution in [1.82, 2.24) is 10.1 Å². The Morgan fingerprint density at radius 1 is 1.19 bits per heavy atom. The molecule has 0 radical (unpaired) electrons. The minimum atomic E-state index is -0.339. The molecule has 0 saturated carbocycles. The standard InChI is InChI=1S/C15H11BrFN3O/c1-8-2-4-10(18)7-11(8)15-19-14(20-21-15)9-3-5-13(17)12(16)6-9/h2-7H,18H2,1H3. The lowest BCUT2D eigenvalue weighted by molar-refractivity contribution is 0.432. The summed E-state index contributed by atoms with van der Waals surface area (Å²) >= 11 is 3.14. The Bertz CT molecular complexity index is 816. The van der Waals surface area contributed by atoms with Gasteiger partial charge in [-0.15, -0.1) is 0 Å². The molecule has 1 aromatic heterocycles. The molecule has 0 bridgehead atoms. The van der Waals surface area contributed by atoms with Crippen LogP contribution in [0.2, 0.25) is 0 Å². The lowest BCUT2D eigenvalue weighted by atomic mass is 10.1. The fourth-order valence-corrected chi connectivity index (χ4v) is 2.33. The Kier molecular flexibility index (Phi) is 3.47. The van der Waals surface area contributed by atoms with Gasteiger partial charge >= 0.3 is 0 Å². The third-order valence-electron chi connectivity index (χ3n) is 3.10. The third kappa shape index (κ3) is 2.67. The summed E-state index contributed by atoms with van der Waals surface area (Å²) in [6.07, 6.45) is 0. The van der Waals surface area contributed by atoms with E-state index in [0.29, 0.717) is 27.4 Å². The third-order valence-corrected chi connectivity index (χ3v) is 3.70. The van der Waals surface area contributed by atoms with E-state index in [1.165, 1.54) is 6.07 Å². The van der Waals surface area contributed by atoms with Crippen molar-refractivity contribution in [2.45, 2.75) is 6.92 Å². The van der Waals surface area contributed by atoms with Crippen molar-refractivity contribution in [3.63, 3.8) is 0 Å². The van der Waals surface area contributed by atoms with Crippen LogP contribution in [-0.2, 0) is 0 Å². The summed E-state index contributed by atoms with van der Waals surface area (Å²) in [5.74, 6) is 0.442. The van der Waals surface area contributed by atoms with E-state index in [0.717, 1.165) is 11.1 Å². The molecule has 21 heavy (non-hydrogen) atoms. The second-order valence-corrected chi connectivity index (χ2v) is 5.48. The molecular formula is C15H11BrFN3O. The Labute approximate surface area is 128 Å². The number of benzene rings is 2. The second kappa shape index (κ2) is 5.29. The fourth-order valence-electron chi connectivity index (χ4n) is 1.96. The van der Waals surface area contributed by atoms with E-state index < -0.39 is 0 Å². The van der Waals surface area contributed by atoms with Crippen molar-refractivity contribution in [3.8, 4) is 22.8 Å². The van der Waals surface area contributed by atoms with Crippen LogP contribution in [-0.4, -0.2) is 10.1 Å². The van der Waals surface area contributed by atoms with E-state index >= 15 is 0 Å². The van der Waals surface area contributed by atoms with Crippen LogP contribution in [0.5, 0.6) is 0 Å². The largest absolute Gasteiger partial charge is 0.399 e. The number of rotatable bonds is 2. The highest BCUT2D eigenvalue weighted by molar-refractivity contribution is 9.10. The summed E-state index contributed by atoms with van der Waals surface area (Å²) in [6, 6.07) is 10.0. The van der Waals surface area contributed by atoms with Gasteiger partial charge in [0.1, 0.15) is 5.82 Å². The van der Waals surface area contributed by atoms with Gasteiger partial charge in [0.15, 0.2) is 0 Å². The van der Waals surface area contributed by atoms with Gasteiger partial charge in [-0.25, -0.2) is 4.39 Å². The van der Waals surface area contributed by atoms with Gasteiger partial charge in [-0.2, -0.15) is 4.98 Å². The smallest absolute Gasteiger partial charge is 0.258 e. The van der Waals surface area contributed by atoms with Crippen molar-refractivity contribution in [2.24, 2.45) is 0 Å². The number of nitrogens with two attached hydrogens (primary N) is 1. The highest BCUT2D eigenvalue weighted by atomic mass is 79.9. The minimum Gasteiger partial charge on any atom is -0.399 e. The number of nitrogen functional groups attached to an aromatic ring is 1. The van der Waals surface area contributed by atoms with Crippen LogP contribution in [0.4, 0.5) is 10.1 Å².